The van der Waals surface area contributed by atoms with E-state index in [2.05, 4.69) is 133 Å². The van der Waals surface area contributed by atoms with Crippen LogP contribution < -0.4 is 0 Å². The predicted molar refractivity (Wildman–Crippen MR) is 191 cm³/mol. The molecule has 0 bridgehead atoms. The molecular formula is C44H28N2. The van der Waals surface area contributed by atoms with Crippen molar-refractivity contribution < 1.29 is 0 Å². The Morgan fingerprint density at radius 2 is 0.826 bits per heavy atom. The minimum atomic E-state index is 0.722. The first-order chi connectivity index (χ1) is 22.8. The Hall–Kier alpha value is -6.12. The number of rotatable bonds is 5. The van der Waals surface area contributed by atoms with Crippen molar-refractivity contribution in [2.75, 3.05) is 0 Å². The van der Waals surface area contributed by atoms with Gasteiger partial charge in [0, 0.05) is 16.7 Å². The lowest BCUT2D eigenvalue weighted by atomic mass is 9.94. The second kappa shape index (κ2) is 10.8. The van der Waals surface area contributed by atoms with E-state index < -0.39 is 0 Å². The van der Waals surface area contributed by atoms with E-state index in [-0.39, 0.29) is 0 Å². The number of benzene rings is 7. The topological polar surface area (TPSA) is 25.8 Å². The minimum absolute atomic E-state index is 0.722. The van der Waals surface area contributed by atoms with Crippen molar-refractivity contribution in [1.29, 1.82) is 0 Å². The first-order valence-electron chi connectivity index (χ1n) is 15.7. The van der Waals surface area contributed by atoms with Crippen LogP contribution in [0.4, 0.5) is 0 Å². The van der Waals surface area contributed by atoms with Crippen LogP contribution in [0.15, 0.2) is 170 Å². The molecule has 9 rings (SSSR count). The molecule has 0 radical (unpaired) electrons. The lowest BCUT2D eigenvalue weighted by Gasteiger charge is -2.11. The molecule has 0 spiro atoms. The highest BCUT2D eigenvalue weighted by Gasteiger charge is 2.21. The van der Waals surface area contributed by atoms with Crippen LogP contribution in [0.5, 0.6) is 0 Å². The van der Waals surface area contributed by atoms with Gasteiger partial charge in [0.25, 0.3) is 0 Å². The van der Waals surface area contributed by atoms with Crippen molar-refractivity contribution in [3.63, 3.8) is 0 Å². The van der Waals surface area contributed by atoms with E-state index in [9.17, 15) is 0 Å². The molecule has 0 saturated heterocycles. The Morgan fingerprint density at radius 3 is 1.57 bits per heavy atom. The van der Waals surface area contributed by atoms with Crippen molar-refractivity contribution in [3.05, 3.63) is 170 Å². The molecule has 46 heavy (non-hydrogen) atoms. The van der Waals surface area contributed by atoms with Gasteiger partial charge in [-0.2, -0.15) is 0 Å². The molecule has 0 N–H and O–H groups in total. The molecule has 0 unspecified atom stereocenters. The summed E-state index contributed by atoms with van der Waals surface area (Å²) in [5, 5.41) is 2.64. The number of hydrogen-bond acceptors (Lipinski definition) is 2. The van der Waals surface area contributed by atoms with Crippen LogP contribution in [0, 0.1) is 0 Å². The van der Waals surface area contributed by atoms with Crippen LogP contribution >= 0.6 is 0 Å². The van der Waals surface area contributed by atoms with E-state index in [1.165, 1.54) is 49.7 Å². The average Bonchev–Trinajstić information content (AvgIpc) is 3.47. The van der Waals surface area contributed by atoms with Crippen molar-refractivity contribution in [3.8, 4) is 78.4 Å². The molecule has 214 valence electrons. The van der Waals surface area contributed by atoms with Crippen molar-refractivity contribution in [2.24, 2.45) is 0 Å². The third kappa shape index (κ3) is 4.51. The third-order valence-corrected chi connectivity index (χ3v) is 9.02. The number of hydrogen-bond donors (Lipinski definition) is 0. The van der Waals surface area contributed by atoms with Crippen LogP contribution in [0.3, 0.4) is 0 Å². The van der Waals surface area contributed by atoms with Crippen LogP contribution in [-0.2, 0) is 0 Å². The van der Waals surface area contributed by atoms with Crippen molar-refractivity contribution >= 4 is 10.8 Å². The summed E-state index contributed by atoms with van der Waals surface area (Å²) in [5.74, 6) is 0.722. The predicted octanol–water partition coefficient (Wildman–Crippen LogP) is 11.6. The molecule has 0 atom stereocenters. The van der Waals surface area contributed by atoms with Gasteiger partial charge in [-0.25, -0.2) is 9.97 Å². The third-order valence-electron chi connectivity index (χ3n) is 9.02. The standard InChI is InChI=1S/C44H28N2/c1-3-11-31(12-4-1)41-28-42(46-44(45-41)32-13-5-2-6-14-32)34-16-9-15-33(25-34)29-21-23-30(24-22-29)36-26-35-17-10-20-39-37-18-7-8-19-38(37)40(27-36)43(35)39/h1-28H. The lowest BCUT2D eigenvalue weighted by molar-refractivity contribution is 1.18. The van der Waals surface area contributed by atoms with Gasteiger partial charge in [0.05, 0.1) is 11.4 Å². The number of fused-ring (bicyclic) bond motifs is 3. The van der Waals surface area contributed by atoms with Crippen LogP contribution in [-0.4, -0.2) is 9.97 Å². The largest absolute Gasteiger partial charge is 0.228 e. The Balaban J connectivity index is 1.09. The molecule has 2 nitrogen and oxygen atoms in total. The van der Waals surface area contributed by atoms with E-state index in [0.717, 1.165) is 39.5 Å². The fraction of sp³-hybridized carbons (Fsp3) is 0. The molecule has 0 fully saturated rings. The fourth-order valence-electron chi connectivity index (χ4n) is 6.77. The van der Waals surface area contributed by atoms with Crippen molar-refractivity contribution in [2.45, 2.75) is 0 Å². The van der Waals surface area contributed by atoms with Gasteiger partial charge in [-0.3, -0.25) is 0 Å². The summed E-state index contributed by atoms with van der Waals surface area (Å²) >= 11 is 0. The Morgan fingerprint density at radius 1 is 0.283 bits per heavy atom. The number of nitrogens with zero attached hydrogens (tertiary/aromatic N) is 2. The molecule has 1 heterocycles. The zero-order valence-electron chi connectivity index (χ0n) is 25.1. The van der Waals surface area contributed by atoms with Gasteiger partial charge >= 0.3 is 0 Å². The van der Waals surface area contributed by atoms with Gasteiger partial charge in [0.1, 0.15) is 0 Å². The first kappa shape index (κ1) is 26.3. The molecule has 0 amide bonds. The molecule has 0 aliphatic heterocycles. The van der Waals surface area contributed by atoms with Gasteiger partial charge in [-0.05, 0) is 79.5 Å². The first-order valence-corrected chi connectivity index (χ1v) is 15.7. The minimum Gasteiger partial charge on any atom is -0.228 e. The van der Waals surface area contributed by atoms with Gasteiger partial charge in [-0.15, -0.1) is 0 Å². The van der Waals surface area contributed by atoms with E-state index in [0.29, 0.717) is 0 Å². The maximum atomic E-state index is 5.04. The zero-order valence-corrected chi connectivity index (χ0v) is 25.1. The van der Waals surface area contributed by atoms with Crippen LogP contribution in [0.25, 0.3) is 89.2 Å². The molecule has 1 aromatic heterocycles. The summed E-state index contributed by atoms with van der Waals surface area (Å²) < 4.78 is 0. The van der Waals surface area contributed by atoms with Crippen molar-refractivity contribution in [1.82, 2.24) is 9.97 Å². The molecule has 0 saturated carbocycles. The molecule has 1 aliphatic rings. The zero-order chi connectivity index (χ0) is 30.5. The van der Waals surface area contributed by atoms with E-state index in [1.54, 1.807) is 0 Å². The summed E-state index contributed by atoms with van der Waals surface area (Å²) in [6.07, 6.45) is 0. The Kier molecular flexibility index (Phi) is 6.17. The fourth-order valence-corrected chi connectivity index (χ4v) is 6.77. The highest BCUT2D eigenvalue weighted by Crippen LogP contribution is 2.48. The van der Waals surface area contributed by atoms with Gasteiger partial charge < -0.3 is 0 Å². The molecule has 7 aromatic carbocycles. The van der Waals surface area contributed by atoms with Gasteiger partial charge in [0.15, 0.2) is 5.82 Å². The van der Waals surface area contributed by atoms with E-state index >= 15 is 0 Å². The van der Waals surface area contributed by atoms with E-state index in [4.69, 9.17) is 9.97 Å². The maximum absolute atomic E-state index is 5.04. The van der Waals surface area contributed by atoms with E-state index in [1.807, 2.05) is 36.4 Å². The highest BCUT2D eigenvalue weighted by atomic mass is 14.9. The lowest BCUT2D eigenvalue weighted by Crippen LogP contribution is -1.96. The monoisotopic (exact) mass is 584 g/mol. The number of aromatic nitrogens is 2. The highest BCUT2D eigenvalue weighted by molar-refractivity contribution is 6.16. The summed E-state index contributed by atoms with van der Waals surface area (Å²) in [5.41, 5.74) is 15.0. The second-order valence-corrected chi connectivity index (χ2v) is 11.8. The molecular weight excluding hydrogens is 556 g/mol. The summed E-state index contributed by atoms with van der Waals surface area (Å²) in [6, 6.07) is 60.3. The maximum Gasteiger partial charge on any atom is 0.160 e. The van der Waals surface area contributed by atoms with Crippen LogP contribution in [0.2, 0.25) is 0 Å². The van der Waals surface area contributed by atoms with Crippen LogP contribution in [0.1, 0.15) is 0 Å². The molecule has 8 aromatic rings. The summed E-state index contributed by atoms with van der Waals surface area (Å²) in [6.45, 7) is 0. The smallest absolute Gasteiger partial charge is 0.160 e. The second-order valence-electron chi connectivity index (χ2n) is 11.8. The Labute approximate surface area is 268 Å². The molecule has 1 aliphatic carbocycles. The summed E-state index contributed by atoms with van der Waals surface area (Å²) in [7, 11) is 0. The normalized spacial score (nSPS) is 11.5. The average molecular weight is 585 g/mol. The Bertz CT molecular complexity index is 2330. The quantitative estimate of drug-likeness (QED) is 0.201. The van der Waals surface area contributed by atoms with Gasteiger partial charge in [-0.1, -0.05) is 146 Å². The van der Waals surface area contributed by atoms with Gasteiger partial charge in [0.2, 0.25) is 0 Å². The SMILES string of the molecule is c1ccc(-c2cc(-c3cccc(-c4ccc(-c5cc6c7c(cccc7c5)-c5ccccc5-6)cc4)c3)nc(-c3ccccc3)n2)cc1. The molecule has 2 heteroatoms. The summed E-state index contributed by atoms with van der Waals surface area (Å²) in [4.78, 5) is 9.99.